The molecule has 0 bridgehead atoms. The molecule has 1 aliphatic heterocycles. The normalized spacial score (nSPS) is 17.1. The lowest BCUT2D eigenvalue weighted by molar-refractivity contribution is -0.128. The van der Waals surface area contributed by atoms with Gasteiger partial charge in [-0.1, -0.05) is 29.8 Å². The highest BCUT2D eigenvalue weighted by atomic mass is 35.5. The Morgan fingerprint density at radius 1 is 1.08 bits per heavy atom. The molecule has 1 saturated heterocycles. The summed E-state index contributed by atoms with van der Waals surface area (Å²) in [5.41, 5.74) is 1.54. The summed E-state index contributed by atoms with van der Waals surface area (Å²) in [5.74, 6) is 0.740. The zero-order valence-corrected chi connectivity index (χ0v) is 21.4. The minimum absolute atomic E-state index is 0.0835. The van der Waals surface area contributed by atoms with Crippen LogP contribution in [0.2, 0.25) is 10.0 Å². The van der Waals surface area contributed by atoms with Crippen molar-refractivity contribution in [3.8, 4) is 22.8 Å². The number of aromatic nitrogens is 3. The van der Waals surface area contributed by atoms with Gasteiger partial charge in [0.05, 0.1) is 53.8 Å². The van der Waals surface area contributed by atoms with Gasteiger partial charge in [0.25, 0.3) is 0 Å². The molecule has 0 aliphatic carbocycles. The fourth-order valence-corrected chi connectivity index (χ4v) is 4.71. The average molecular weight is 531 g/mol. The third kappa shape index (κ3) is 5.00. The van der Waals surface area contributed by atoms with E-state index < -0.39 is 0 Å². The predicted molar refractivity (Wildman–Crippen MR) is 138 cm³/mol. The van der Waals surface area contributed by atoms with Crippen molar-refractivity contribution in [2.75, 3.05) is 32.6 Å². The van der Waals surface area contributed by atoms with Gasteiger partial charge in [-0.05, 0) is 12.1 Å². The van der Waals surface area contributed by atoms with Gasteiger partial charge in [-0.2, -0.15) is 0 Å². The second-order valence-electron chi connectivity index (χ2n) is 8.10. The number of hydrogen-bond donors (Lipinski definition) is 2. The summed E-state index contributed by atoms with van der Waals surface area (Å²) in [6.45, 7) is 5.74. The number of rotatable bonds is 7. The molecule has 0 spiro atoms. The van der Waals surface area contributed by atoms with Gasteiger partial charge in [0.2, 0.25) is 17.8 Å². The van der Waals surface area contributed by atoms with Gasteiger partial charge in [-0.3, -0.25) is 14.6 Å². The molecular formula is C24H24Cl2N6O4. The summed E-state index contributed by atoms with van der Waals surface area (Å²) >= 11 is 13.1. The Morgan fingerprint density at radius 2 is 1.75 bits per heavy atom. The van der Waals surface area contributed by atoms with Gasteiger partial charge in [0.1, 0.15) is 11.5 Å². The Balaban J connectivity index is 1.64. The molecular weight excluding hydrogens is 507 g/mol. The highest BCUT2D eigenvalue weighted by Gasteiger charge is 2.35. The summed E-state index contributed by atoms with van der Waals surface area (Å²) in [5, 5.41) is 7.38. The lowest BCUT2D eigenvalue weighted by atomic mass is 10.1. The lowest BCUT2D eigenvalue weighted by Gasteiger charge is -2.20. The molecule has 2 atom stereocenters. The summed E-state index contributed by atoms with van der Waals surface area (Å²) in [4.78, 5) is 38.9. The van der Waals surface area contributed by atoms with Crippen molar-refractivity contribution in [3.05, 3.63) is 47.2 Å². The maximum Gasteiger partial charge on any atom is 0.243 e. The quantitative estimate of drug-likeness (QED) is 0.446. The number of carbonyl (C=O) groups is 2. The topological polar surface area (TPSA) is 119 Å². The predicted octanol–water partition coefficient (Wildman–Crippen LogP) is 3.33. The van der Waals surface area contributed by atoms with Crippen molar-refractivity contribution >= 4 is 51.9 Å². The first-order valence-corrected chi connectivity index (χ1v) is 11.7. The number of amides is 2. The van der Waals surface area contributed by atoms with Crippen LogP contribution in [0, 0.1) is 0 Å². The monoisotopic (exact) mass is 530 g/mol. The SMILES string of the molecule is C=CC(=O)N[C@H]1CN(C(C)=O)C[C@H]1Nc1ncc2cc(-c3c(Cl)c(OC)cc(OC)c3Cl)ncc2n1. The van der Waals surface area contributed by atoms with E-state index in [1.54, 1.807) is 29.4 Å². The summed E-state index contributed by atoms with van der Waals surface area (Å²) in [7, 11) is 3.00. The largest absolute Gasteiger partial charge is 0.495 e. The number of halogens is 2. The molecule has 1 fully saturated rings. The highest BCUT2D eigenvalue weighted by Crippen LogP contribution is 2.45. The van der Waals surface area contributed by atoms with Crippen LogP contribution < -0.4 is 20.1 Å². The van der Waals surface area contributed by atoms with E-state index in [4.69, 9.17) is 32.7 Å². The molecule has 4 rings (SSSR count). The van der Waals surface area contributed by atoms with E-state index in [0.29, 0.717) is 62.7 Å². The maximum atomic E-state index is 11.9. The van der Waals surface area contributed by atoms with E-state index in [-0.39, 0.29) is 23.9 Å². The van der Waals surface area contributed by atoms with Gasteiger partial charge in [0, 0.05) is 43.2 Å². The number of hydrogen-bond acceptors (Lipinski definition) is 8. The average Bonchev–Trinajstić information content (AvgIpc) is 3.26. The molecule has 3 aromatic rings. The first-order chi connectivity index (χ1) is 17.2. The first-order valence-electron chi connectivity index (χ1n) is 10.9. The molecule has 36 heavy (non-hydrogen) atoms. The fraction of sp³-hybridized carbons (Fsp3) is 0.292. The second kappa shape index (κ2) is 10.5. The molecule has 0 radical (unpaired) electrons. The standard InChI is InChI=1S/C24H24Cl2N6O4/c1-5-20(34)29-16-10-32(12(2)33)11-17(16)31-24-28-8-13-6-14(27-9-15(13)30-24)21-22(25)18(35-3)7-19(36-4)23(21)26/h5-9,16-17H,1,10-11H2,2-4H3,(H,29,34)(H,28,30,31)/t16-,17+/m0/s1. The van der Waals surface area contributed by atoms with Crippen molar-refractivity contribution in [3.63, 3.8) is 0 Å². The number of nitrogens with zero attached hydrogens (tertiary/aromatic N) is 4. The summed E-state index contributed by atoms with van der Waals surface area (Å²) < 4.78 is 10.7. The van der Waals surface area contributed by atoms with Gasteiger partial charge in [0.15, 0.2) is 0 Å². The summed E-state index contributed by atoms with van der Waals surface area (Å²) in [6, 6.07) is 2.76. The Labute approximate surface area is 217 Å². The van der Waals surface area contributed by atoms with Gasteiger partial charge in [-0.15, -0.1) is 0 Å². The van der Waals surface area contributed by atoms with Gasteiger partial charge in [-0.25, -0.2) is 9.97 Å². The minimum Gasteiger partial charge on any atom is -0.495 e. The smallest absolute Gasteiger partial charge is 0.243 e. The molecule has 1 aromatic carbocycles. The van der Waals surface area contributed by atoms with Crippen molar-refractivity contribution in [2.24, 2.45) is 0 Å². The van der Waals surface area contributed by atoms with Crippen LogP contribution in [0.1, 0.15) is 6.92 Å². The Bertz CT molecular complexity index is 1320. The molecule has 0 unspecified atom stereocenters. The van der Waals surface area contributed by atoms with Crippen LogP contribution in [0.25, 0.3) is 22.2 Å². The van der Waals surface area contributed by atoms with Crippen molar-refractivity contribution < 1.29 is 19.1 Å². The third-order valence-corrected chi connectivity index (χ3v) is 6.64. The summed E-state index contributed by atoms with van der Waals surface area (Å²) in [6.07, 6.45) is 4.42. The molecule has 3 heterocycles. The number of anilines is 1. The maximum absolute atomic E-state index is 11.9. The van der Waals surface area contributed by atoms with Crippen LogP contribution in [0.5, 0.6) is 11.5 Å². The van der Waals surface area contributed by atoms with E-state index in [2.05, 4.69) is 32.2 Å². The van der Waals surface area contributed by atoms with Crippen LogP contribution in [0.4, 0.5) is 5.95 Å². The van der Waals surface area contributed by atoms with Crippen LogP contribution in [-0.4, -0.2) is 71.1 Å². The van der Waals surface area contributed by atoms with Crippen LogP contribution in [0.15, 0.2) is 37.2 Å². The Hall–Kier alpha value is -3.63. The van der Waals surface area contributed by atoms with E-state index in [1.165, 1.54) is 27.2 Å². The number of nitrogens with one attached hydrogen (secondary N) is 2. The molecule has 0 saturated carbocycles. The molecule has 188 valence electrons. The van der Waals surface area contributed by atoms with Crippen LogP contribution in [-0.2, 0) is 9.59 Å². The zero-order chi connectivity index (χ0) is 26.0. The molecule has 2 aromatic heterocycles. The lowest BCUT2D eigenvalue weighted by Crippen LogP contribution is -2.45. The highest BCUT2D eigenvalue weighted by molar-refractivity contribution is 6.41. The second-order valence-corrected chi connectivity index (χ2v) is 8.86. The Morgan fingerprint density at radius 3 is 2.36 bits per heavy atom. The number of benzene rings is 1. The van der Waals surface area contributed by atoms with Gasteiger partial charge < -0.3 is 25.0 Å². The number of carbonyl (C=O) groups excluding carboxylic acids is 2. The number of fused-ring (bicyclic) bond motifs is 1. The first kappa shape index (κ1) is 25.5. The number of methoxy groups -OCH3 is 2. The Kier molecular flexibility index (Phi) is 7.46. The van der Waals surface area contributed by atoms with Crippen molar-refractivity contribution in [1.82, 2.24) is 25.2 Å². The number of ether oxygens (including phenoxy) is 2. The molecule has 10 nitrogen and oxygen atoms in total. The van der Waals surface area contributed by atoms with Crippen LogP contribution >= 0.6 is 23.2 Å². The number of pyridine rings is 1. The minimum atomic E-state index is -0.327. The zero-order valence-electron chi connectivity index (χ0n) is 19.8. The fourth-order valence-electron chi connectivity index (χ4n) is 4.01. The van der Waals surface area contributed by atoms with E-state index in [1.807, 2.05) is 0 Å². The third-order valence-electron chi connectivity index (χ3n) is 5.89. The molecule has 1 aliphatic rings. The van der Waals surface area contributed by atoms with Crippen LogP contribution in [0.3, 0.4) is 0 Å². The molecule has 2 amide bonds. The van der Waals surface area contributed by atoms with Crippen molar-refractivity contribution in [1.29, 1.82) is 0 Å². The van der Waals surface area contributed by atoms with Crippen molar-refractivity contribution in [2.45, 2.75) is 19.0 Å². The number of likely N-dealkylation sites (tertiary alicyclic amines) is 1. The molecule has 12 heteroatoms. The molecule has 2 N–H and O–H groups in total. The van der Waals surface area contributed by atoms with E-state index in [0.717, 1.165) is 0 Å². The van der Waals surface area contributed by atoms with E-state index in [9.17, 15) is 9.59 Å². The van der Waals surface area contributed by atoms with Gasteiger partial charge >= 0.3 is 0 Å². The van der Waals surface area contributed by atoms with E-state index >= 15 is 0 Å².